The van der Waals surface area contributed by atoms with Crippen LogP contribution in [-0.2, 0) is 19.1 Å². The van der Waals surface area contributed by atoms with E-state index < -0.39 is 17.5 Å². The van der Waals surface area contributed by atoms with Gasteiger partial charge in [0.25, 0.3) is 0 Å². The number of aliphatic hydroxyl groups excluding tert-OH is 1. The molecule has 0 aliphatic carbocycles. The Balaban J connectivity index is 4.42. The van der Waals surface area contributed by atoms with Gasteiger partial charge in [0.2, 0.25) is 0 Å². The van der Waals surface area contributed by atoms with Gasteiger partial charge in [-0.15, -0.1) is 0 Å². The summed E-state index contributed by atoms with van der Waals surface area (Å²) in [5.41, 5.74) is -0.925. The summed E-state index contributed by atoms with van der Waals surface area (Å²) in [4.78, 5) is 21.4. The molecule has 94 valence electrons. The number of carbonyl (C=O) groups is 2. The second-order valence-electron chi connectivity index (χ2n) is 3.53. The Hall–Kier alpha value is -1.14. The molecule has 0 spiro atoms. The van der Waals surface area contributed by atoms with Crippen LogP contribution in [0.4, 0.5) is 0 Å². The monoisotopic (exact) mass is 233 g/mol. The molecule has 0 amide bonds. The number of carbonyl (C=O) groups excluding carboxylic acids is 2. The molecule has 0 unspecified atom stereocenters. The fraction of sp³-hybridized carbons (Fsp3) is 0.800. The zero-order valence-electron chi connectivity index (χ0n) is 9.91. The van der Waals surface area contributed by atoms with Crippen LogP contribution in [0.15, 0.2) is 0 Å². The zero-order valence-corrected chi connectivity index (χ0v) is 9.91. The van der Waals surface area contributed by atoms with Gasteiger partial charge in [0.05, 0.1) is 6.61 Å². The van der Waals surface area contributed by atoms with Gasteiger partial charge in [-0.2, -0.15) is 0 Å². The molecule has 0 bridgehead atoms. The fourth-order valence-corrected chi connectivity index (χ4v) is 1.15. The van der Waals surface area contributed by atoms with Gasteiger partial charge in [0.15, 0.2) is 0 Å². The molecule has 0 aromatic rings. The summed E-state index contributed by atoms with van der Waals surface area (Å²) in [6, 6.07) is 0. The van der Waals surface area contributed by atoms with Crippen LogP contribution in [0, 0.1) is 0 Å². The Morgan fingerprint density at radius 2 is 1.62 bits per heavy atom. The lowest BCUT2D eigenvalue weighted by Crippen LogP contribution is -2.56. The maximum atomic E-state index is 10.7. The first kappa shape index (κ1) is 14.9. The molecule has 6 nitrogen and oxygen atoms in total. The average molecular weight is 233 g/mol. The van der Waals surface area contributed by atoms with Crippen molar-refractivity contribution in [1.29, 1.82) is 0 Å². The topological polar surface area (TPSA) is 84.9 Å². The van der Waals surface area contributed by atoms with Crippen LogP contribution in [0.5, 0.6) is 0 Å². The van der Waals surface area contributed by atoms with Crippen LogP contribution in [0.25, 0.3) is 0 Å². The van der Waals surface area contributed by atoms with Crippen molar-refractivity contribution in [2.24, 2.45) is 0 Å². The normalized spacial score (nSPS) is 11.0. The first-order chi connectivity index (χ1) is 7.45. The van der Waals surface area contributed by atoms with Gasteiger partial charge in [0.1, 0.15) is 18.8 Å². The standard InChI is InChI=1S/C10H19NO5/c1-4-11-10(5-12,6-15-8(2)13)7-16-9(3)14/h11-12H,4-7H2,1-3H3. The summed E-state index contributed by atoms with van der Waals surface area (Å²) in [5, 5.41) is 12.2. The molecule has 6 heteroatoms. The second kappa shape index (κ2) is 7.19. The third-order valence-corrected chi connectivity index (χ3v) is 1.96. The summed E-state index contributed by atoms with van der Waals surface area (Å²) >= 11 is 0. The molecular formula is C10H19NO5. The molecule has 0 aliphatic rings. The van der Waals surface area contributed by atoms with Gasteiger partial charge in [-0.3, -0.25) is 9.59 Å². The van der Waals surface area contributed by atoms with Crippen LogP contribution in [0.3, 0.4) is 0 Å². The Morgan fingerprint density at radius 3 is 1.88 bits per heavy atom. The molecule has 0 aromatic heterocycles. The van der Waals surface area contributed by atoms with Crippen LogP contribution >= 0.6 is 0 Å². The molecule has 16 heavy (non-hydrogen) atoms. The van der Waals surface area contributed by atoms with E-state index in [4.69, 9.17) is 9.47 Å². The lowest BCUT2D eigenvalue weighted by Gasteiger charge is -2.31. The Bertz CT molecular complexity index is 223. The van der Waals surface area contributed by atoms with Gasteiger partial charge in [-0.1, -0.05) is 6.92 Å². The van der Waals surface area contributed by atoms with E-state index in [1.807, 2.05) is 6.92 Å². The van der Waals surface area contributed by atoms with E-state index in [9.17, 15) is 14.7 Å². The average Bonchev–Trinajstić information content (AvgIpc) is 2.22. The van der Waals surface area contributed by atoms with Gasteiger partial charge in [-0.05, 0) is 6.54 Å². The molecule has 0 saturated carbocycles. The first-order valence-electron chi connectivity index (χ1n) is 5.08. The van der Waals surface area contributed by atoms with Crippen LogP contribution in [-0.4, -0.2) is 48.9 Å². The predicted molar refractivity (Wildman–Crippen MR) is 56.8 cm³/mol. The minimum absolute atomic E-state index is 0.0417. The highest BCUT2D eigenvalue weighted by atomic mass is 16.5. The van der Waals surface area contributed by atoms with Crippen molar-refractivity contribution in [3.63, 3.8) is 0 Å². The SMILES string of the molecule is CCNC(CO)(COC(C)=O)COC(C)=O. The third-order valence-electron chi connectivity index (χ3n) is 1.96. The molecule has 0 saturated heterocycles. The highest BCUT2D eigenvalue weighted by molar-refractivity contribution is 5.66. The molecule has 0 aromatic carbocycles. The summed E-state index contributed by atoms with van der Waals surface area (Å²) < 4.78 is 9.66. The van der Waals surface area contributed by atoms with E-state index in [0.29, 0.717) is 6.54 Å². The number of rotatable bonds is 7. The van der Waals surface area contributed by atoms with Crippen LogP contribution in [0.2, 0.25) is 0 Å². The highest BCUT2D eigenvalue weighted by Crippen LogP contribution is 2.06. The summed E-state index contributed by atoms with van der Waals surface area (Å²) in [6.07, 6.45) is 0. The van der Waals surface area contributed by atoms with Crippen molar-refractivity contribution in [2.45, 2.75) is 26.3 Å². The molecule has 0 rings (SSSR count). The molecule has 0 aliphatic heterocycles. The van der Waals surface area contributed by atoms with Gasteiger partial charge in [-0.25, -0.2) is 0 Å². The minimum atomic E-state index is -0.925. The van der Waals surface area contributed by atoms with Crippen LogP contribution in [0.1, 0.15) is 20.8 Å². The van der Waals surface area contributed by atoms with Crippen molar-refractivity contribution in [2.75, 3.05) is 26.4 Å². The fourth-order valence-electron chi connectivity index (χ4n) is 1.15. The van der Waals surface area contributed by atoms with Gasteiger partial charge < -0.3 is 19.9 Å². The molecule has 2 N–H and O–H groups in total. The van der Waals surface area contributed by atoms with Crippen molar-refractivity contribution in [1.82, 2.24) is 5.32 Å². The lowest BCUT2D eigenvalue weighted by atomic mass is 10.0. The van der Waals surface area contributed by atoms with E-state index in [-0.39, 0.29) is 19.8 Å². The second-order valence-corrected chi connectivity index (χ2v) is 3.53. The Kier molecular flexibility index (Phi) is 6.67. The number of ether oxygens (including phenoxy) is 2. The Morgan fingerprint density at radius 1 is 1.19 bits per heavy atom. The zero-order chi connectivity index (χ0) is 12.6. The van der Waals surface area contributed by atoms with Crippen molar-refractivity contribution >= 4 is 11.9 Å². The quantitative estimate of drug-likeness (QED) is 0.574. The van der Waals surface area contributed by atoms with Crippen molar-refractivity contribution < 1.29 is 24.2 Å². The van der Waals surface area contributed by atoms with Gasteiger partial charge in [0, 0.05) is 13.8 Å². The summed E-state index contributed by atoms with van der Waals surface area (Å²) in [7, 11) is 0. The molecule has 0 fully saturated rings. The number of nitrogens with one attached hydrogen (secondary N) is 1. The number of likely N-dealkylation sites (N-methyl/N-ethyl adjacent to an activating group) is 1. The predicted octanol–water partition coefficient (Wildman–Crippen LogP) is -0.547. The number of hydrogen-bond acceptors (Lipinski definition) is 6. The van der Waals surface area contributed by atoms with Crippen LogP contribution < -0.4 is 5.32 Å². The lowest BCUT2D eigenvalue weighted by molar-refractivity contribution is -0.149. The van der Waals surface area contributed by atoms with E-state index in [1.165, 1.54) is 13.8 Å². The molecule has 0 atom stereocenters. The van der Waals surface area contributed by atoms with E-state index in [1.54, 1.807) is 0 Å². The number of hydrogen-bond donors (Lipinski definition) is 2. The molecule has 0 heterocycles. The smallest absolute Gasteiger partial charge is 0.302 e. The van der Waals surface area contributed by atoms with Crippen molar-refractivity contribution in [3.8, 4) is 0 Å². The maximum absolute atomic E-state index is 10.7. The van der Waals surface area contributed by atoms with Crippen molar-refractivity contribution in [3.05, 3.63) is 0 Å². The molecule has 0 radical (unpaired) electrons. The van der Waals surface area contributed by atoms with E-state index in [0.717, 1.165) is 0 Å². The Labute approximate surface area is 94.9 Å². The number of esters is 2. The third kappa shape index (κ3) is 5.67. The van der Waals surface area contributed by atoms with E-state index in [2.05, 4.69) is 5.32 Å². The summed E-state index contributed by atoms with van der Waals surface area (Å²) in [6.45, 7) is 4.58. The minimum Gasteiger partial charge on any atom is -0.464 e. The largest absolute Gasteiger partial charge is 0.464 e. The number of aliphatic hydroxyl groups is 1. The first-order valence-corrected chi connectivity index (χ1v) is 5.08. The van der Waals surface area contributed by atoms with E-state index >= 15 is 0 Å². The summed E-state index contributed by atoms with van der Waals surface area (Å²) in [5.74, 6) is -0.892. The molecular weight excluding hydrogens is 214 g/mol. The maximum Gasteiger partial charge on any atom is 0.302 e. The van der Waals surface area contributed by atoms with Gasteiger partial charge >= 0.3 is 11.9 Å². The highest BCUT2D eigenvalue weighted by Gasteiger charge is 2.31.